The average Bonchev–Trinajstić information content (AvgIpc) is 2.66. The van der Waals surface area contributed by atoms with Crippen LogP contribution in [0.4, 0.5) is 4.79 Å². The van der Waals surface area contributed by atoms with Crippen molar-refractivity contribution in [2.45, 2.75) is 65.5 Å². The van der Waals surface area contributed by atoms with Crippen LogP contribution in [-0.2, 0) is 9.59 Å². The van der Waals surface area contributed by atoms with Crippen LogP contribution < -0.4 is 16.4 Å². The Morgan fingerprint density at radius 2 is 1.57 bits per heavy atom. The smallest absolute Gasteiger partial charge is 0.328 e. The van der Waals surface area contributed by atoms with Crippen LogP contribution in [0.25, 0.3) is 0 Å². The maximum Gasteiger partial charge on any atom is 0.328 e. The molecule has 28 heavy (non-hydrogen) atoms. The zero-order valence-electron chi connectivity index (χ0n) is 17.2. The number of imide groups is 2. The lowest BCUT2D eigenvalue weighted by Crippen LogP contribution is -2.62. The Balaban J connectivity index is 0.000000307. The minimum Gasteiger partial charge on any atom is -0.387 e. The molecular formula is C21H33N3O4. The van der Waals surface area contributed by atoms with Gasteiger partial charge in [-0.25, -0.2) is 4.79 Å². The summed E-state index contributed by atoms with van der Waals surface area (Å²) in [7, 11) is 0. The van der Waals surface area contributed by atoms with Crippen molar-refractivity contribution in [3.8, 4) is 0 Å². The van der Waals surface area contributed by atoms with Crippen molar-refractivity contribution < 1.29 is 19.5 Å². The first-order valence-electron chi connectivity index (χ1n) is 9.83. The SMILES string of the molecule is CC(N)C(O)c1ccccc1.CCCC1(CC(C)CC)C(=O)NC(=O)NC1=O. The van der Waals surface area contributed by atoms with E-state index < -0.39 is 29.4 Å². The molecule has 3 atom stereocenters. The Kier molecular flexibility index (Phi) is 9.28. The van der Waals surface area contributed by atoms with Crippen LogP contribution in [0, 0.1) is 11.3 Å². The largest absolute Gasteiger partial charge is 0.387 e. The van der Waals surface area contributed by atoms with E-state index in [1.807, 2.05) is 51.1 Å². The van der Waals surface area contributed by atoms with Crippen LogP contribution in [0.5, 0.6) is 0 Å². The Labute approximate surface area is 167 Å². The summed E-state index contributed by atoms with van der Waals surface area (Å²) in [5, 5.41) is 13.9. The maximum absolute atomic E-state index is 12.0. The molecule has 4 amide bonds. The topological polar surface area (TPSA) is 122 Å². The first-order valence-corrected chi connectivity index (χ1v) is 9.83. The summed E-state index contributed by atoms with van der Waals surface area (Å²) in [5.74, 6) is -0.631. The Bertz CT molecular complexity index is 641. The van der Waals surface area contributed by atoms with Gasteiger partial charge in [-0.1, -0.05) is 63.9 Å². The van der Waals surface area contributed by atoms with E-state index >= 15 is 0 Å². The van der Waals surface area contributed by atoms with E-state index in [9.17, 15) is 19.5 Å². The number of urea groups is 1. The number of rotatable bonds is 7. The second-order valence-electron chi connectivity index (χ2n) is 7.50. The molecule has 0 bridgehead atoms. The molecule has 1 aliphatic heterocycles. The third-order valence-corrected chi connectivity index (χ3v) is 5.03. The molecule has 1 aliphatic rings. The van der Waals surface area contributed by atoms with E-state index in [4.69, 9.17) is 5.73 Å². The minimum atomic E-state index is -1.07. The van der Waals surface area contributed by atoms with E-state index in [0.717, 1.165) is 18.4 Å². The van der Waals surface area contributed by atoms with Crippen LogP contribution >= 0.6 is 0 Å². The standard InChI is InChI=1S/C12H20N2O3.C9H13NO/c1-4-6-12(7-8(3)5-2)9(15)13-11(17)14-10(12)16;1-7(10)9(11)8-5-3-2-4-6-8/h8H,4-7H2,1-3H3,(H2,13,14,15,16,17);2-7,9,11H,10H2,1H3. The Hall–Kier alpha value is -2.25. The summed E-state index contributed by atoms with van der Waals surface area (Å²) < 4.78 is 0. The molecular weight excluding hydrogens is 358 g/mol. The molecule has 3 unspecified atom stereocenters. The van der Waals surface area contributed by atoms with Crippen molar-refractivity contribution in [1.82, 2.24) is 10.6 Å². The summed E-state index contributed by atoms with van der Waals surface area (Å²) in [4.78, 5) is 35.0. The van der Waals surface area contributed by atoms with Crippen LogP contribution in [0.3, 0.4) is 0 Å². The molecule has 0 spiro atoms. The monoisotopic (exact) mass is 391 g/mol. The molecule has 2 rings (SSSR count). The quantitative estimate of drug-likeness (QED) is 0.532. The second-order valence-corrected chi connectivity index (χ2v) is 7.50. The van der Waals surface area contributed by atoms with Gasteiger partial charge in [0.1, 0.15) is 5.41 Å². The van der Waals surface area contributed by atoms with Gasteiger partial charge in [-0.15, -0.1) is 0 Å². The van der Waals surface area contributed by atoms with Crippen molar-refractivity contribution in [3.63, 3.8) is 0 Å². The lowest BCUT2D eigenvalue weighted by atomic mass is 9.73. The number of nitrogens with two attached hydrogens (primary N) is 1. The number of hydrogen-bond donors (Lipinski definition) is 4. The van der Waals surface area contributed by atoms with E-state index in [-0.39, 0.29) is 12.0 Å². The first kappa shape index (κ1) is 23.8. The summed E-state index contributed by atoms with van der Waals surface area (Å²) in [6.07, 6.45) is 2.05. The number of amides is 4. The molecule has 5 N–H and O–H groups in total. The van der Waals surface area contributed by atoms with Gasteiger partial charge in [0.05, 0.1) is 6.10 Å². The van der Waals surface area contributed by atoms with E-state index in [1.54, 1.807) is 6.92 Å². The Morgan fingerprint density at radius 1 is 1.04 bits per heavy atom. The van der Waals surface area contributed by atoms with Crippen molar-refractivity contribution in [3.05, 3.63) is 35.9 Å². The number of hydrogen-bond acceptors (Lipinski definition) is 5. The predicted octanol–water partition coefficient (Wildman–Crippen LogP) is 2.64. The van der Waals surface area contributed by atoms with Gasteiger partial charge >= 0.3 is 6.03 Å². The molecule has 7 heteroatoms. The van der Waals surface area contributed by atoms with Crippen molar-refractivity contribution >= 4 is 17.8 Å². The van der Waals surface area contributed by atoms with Crippen LogP contribution in [-0.4, -0.2) is 29.0 Å². The van der Waals surface area contributed by atoms with Crippen LogP contribution in [0.1, 0.15) is 65.0 Å². The second kappa shape index (κ2) is 10.9. The van der Waals surface area contributed by atoms with Crippen molar-refractivity contribution in [1.29, 1.82) is 0 Å². The molecule has 0 aliphatic carbocycles. The number of barbiturate groups is 1. The van der Waals surface area contributed by atoms with Crippen molar-refractivity contribution in [2.75, 3.05) is 0 Å². The highest BCUT2D eigenvalue weighted by atomic mass is 16.3. The van der Waals surface area contributed by atoms with E-state index in [0.29, 0.717) is 12.8 Å². The fourth-order valence-corrected chi connectivity index (χ4v) is 3.21. The molecule has 0 saturated carbocycles. The highest BCUT2D eigenvalue weighted by Gasteiger charge is 2.49. The third kappa shape index (κ3) is 6.14. The van der Waals surface area contributed by atoms with E-state index in [1.165, 1.54) is 0 Å². The number of carbonyl (C=O) groups is 3. The summed E-state index contributed by atoms with van der Waals surface area (Å²) >= 11 is 0. The molecule has 156 valence electrons. The van der Waals surface area contributed by atoms with Gasteiger partial charge < -0.3 is 10.8 Å². The zero-order valence-corrected chi connectivity index (χ0v) is 17.2. The lowest BCUT2D eigenvalue weighted by Gasteiger charge is -2.35. The predicted molar refractivity (Wildman–Crippen MR) is 108 cm³/mol. The highest BCUT2D eigenvalue weighted by molar-refractivity contribution is 6.19. The number of nitrogens with one attached hydrogen (secondary N) is 2. The normalized spacial score (nSPS) is 18.9. The van der Waals surface area contributed by atoms with Gasteiger partial charge in [-0.3, -0.25) is 20.2 Å². The number of aliphatic hydroxyl groups is 1. The van der Waals surface area contributed by atoms with Gasteiger partial charge in [0, 0.05) is 6.04 Å². The first-order chi connectivity index (χ1) is 13.2. The van der Waals surface area contributed by atoms with Gasteiger partial charge in [0.25, 0.3) is 0 Å². The molecule has 0 radical (unpaired) electrons. The maximum atomic E-state index is 12.0. The van der Waals surface area contributed by atoms with Gasteiger partial charge in [-0.2, -0.15) is 0 Å². The fourth-order valence-electron chi connectivity index (χ4n) is 3.21. The van der Waals surface area contributed by atoms with Crippen LogP contribution in [0.15, 0.2) is 30.3 Å². The molecule has 1 aromatic carbocycles. The van der Waals surface area contributed by atoms with Crippen LogP contribution in [0.2, 0.25) is 0 Å². The van der Waals surface area contributed by atoms with E-state index in [2.05, 4.69) is 10.6 Å². The number of carbonyl (C=O) groups excluding carboxylic acids is 3. The third-order valence-electron chi connectivity index (χ3n) is 5.03. The van der Waals surface area contributed by atoms with Gasteiger partial charge in [-0.05, 0) is 31.2 Å². The summed E-state index contributed by atoms with van der Waals surface area (Å²) in [6.45, 7) is 7.75. The fraction of sp³-hybridized carbons (Fsp3) is 0.571. The van der Waals surface area contributed by atoms with Gasteiger partial charge in [0.15, 0.2) is 0 Å². The molecule has 0 aromatic heterocycles. The summed E-state index contributed by atoms with van der Waals surface area (Å²) in [6, 6.07) is 8.51. The Morgan fingerprint density at radius 3 is 2.00 bits per heavy atom. The van der Waals surface area contributed by atoms with Crippen molar-refractivity contribution in [2.24, 2.45) is 17.1 Å². The molecule has 1 heterocycles. The minimum absolute atomic E-state index is 0.211. The molecule has 7 nitrogen and oxygen atoms in total. The zero-order chi connectivity index (χ0) is 21.3. The highest BCUT2D eigenvalue weighted by Crippen LogP contribution is 2.35. The van der Waals surface area contributed by atoms with Gasteiger partial charge in [0.2, 0.25) is 11.8 Å². The molecule has 1 aromatic rings. The number of aliphatic hydroxyl groups excluding tert-OH is 1. The summed E-state index contributed by atoms with van der Waals surface area (Å²) in [5.41, 5.74) is 5.32. The average molecular weight is 392 g/mol. The molecule has 1 saturated heterocycles. The number of benzene rings is 1. The molecule has 1 fully saturated rings. The lowest BCUT2D eigenvalue weighted by molar-refractivity contribution is -0.146.